The Labute approximate surface area is 122 Å². The Kier molecular flexibility index (Phi) is 4.74. The lowest BCUT2D eigenvalue weighted by atomic mass is 10.1. The summed E-state index contributed by atoms with van der Waals surface area (Å²) in [6, 6.07) is 8.14. The van der Waals surface area contributed by atoms with Crippen molar-refractivity contribution >= 4 is 28.1 Å². The van der Waals surface area contributed by atoms with Crippen LogP contribution in [-0.2, 0) is 17.6 Å². The van der Waals surface area contributed by atoms with Crippen molar-refractivity contribution in [3.05, 3.63) is 40.4 Å². The van der Waals surface area contributed by atoms with Crippen LogP contribution in [0.2, 0.25) is 0 Å². The molecule has 106 valence electrons. The first-order valence-corrected chi connectivity index (χ1v) is 7.44. The average Bonchev–Trinajstić information content (AvgIpc) is 2.77. The highest BCUT2D eigenvalue weighted by Crippen LogP contribution is 2.28. The molecule has 0 aliphatic rings. The summed E-state index contributed by atoms with van der Waals surface area (Å²) in [6.07, 6.45) is 1.64. The topological polar surface area (TPSA) is 62.2 Å². The zero-order valence-corrected chi connectivity index (χ0v) is 12.5. The summed E-state index contributed by atoms with van der Waals surface area (Å²) in [4.78, 5) is 16.1. The van der Waals surface area contributed by atoms with E-state index >= 15 is 0 Å². The van der Waals surface area contributed by atoms with Gasteiger partial charge >= 0.3 is 5.97 Å². The Balaban J connectivity index is 2.14. The summed E-state index contributed by atoms with van der Waals surface area (Å²) in [5.74, 6) is -0.774. The molecule has 1 aromatic carbocycles. The van der Waals surface area contributed by atoms with Crippen LogP contribution in [0, 0.1) is 6.92 Å². The third-order valence-electron chi connectivity index (χ3n) is 3.10. The van der Waals surface area contributed by atoms with Crippen LogP contribution < -0.4 is 5.32 Å². The lowest BCUT2D eigenvalue weighted by molar-refractivity contribution is -0.136. The standard InChI is InChI=1S/C15H18N2O2S/c1-3-11-6-4-5-7-12(11)17-15-16-10(2)13(20-15)8-9-14(18)19/h4-7H,3,8-9H2,1-2H3,(H,16,17)(H,18,19). The van der Waals surface area contributed by atoms with Gasteiger partial charge in [-0.15, -0.1) is 11.3 Å². The molecule has 2 rings (SSSR count). The molecule has 1 aromatic heterocycles. The molecule has 0 saturated carbocycles. The fraction of sp³-hybridized carbons (Fsp3) is 0.333. The summed E-state index contributed by atoms with van der Waals surface area (Å²) < 4.78 is 0. The number of nitrogens with zero attached hydrogens (tertiary/aromatic N) is 1. The first-order valence-electron chi connectivity index (χ1n) is 6.63. The van der Waals surface area contributed by atoms with Crippen molar-refractivity contribution < 1.29 is 9.90 Å². The molecule has 0 amide bonds. The van der Waals surface area contributed by atoms with Gasteiger partial charge in [-0.3, -0.25) is 4.79 Å². The highest BCUT2D eigenvalue weighted by molar-refractivity contribution is 7.15. The number of hydrogen-bond donors (Lipinski definition) is 2. The van der Waals surface area contributed by atoms with E-state index in [0.717, 1.165) is 27.8 Å². The second-order valence-corrected chi connectivity index (χ2v) is 5.64. The fourth-order valence-corrected chi connectivity index (χ4v) is 2.97. The number of nitrogens with one attached hydrogen (secondary N) is 1. The molecule has 4 nitrogen and oxygen atoms in total. The summed E-state index contributed by atoms with van der Waals surface area (Å²) in [5.41, 5.74) is 3.22. The summed E-state index contributed by atoms with van der Waals surface area (Å²) >= 11 is 1.53. The highest BCUT2D eigenvalue weighted by Gasteiger charge is 2.10. The van der Waals surface area contributed by atoms with Gasteiger partial charge in [-0.05, 0) is 31.4 Å². The van der Waals surface area contributed by atoms with E-state index in [1.165, 1.54) is 16.9 Å². The molecule has 0 saturated heterocycles. The number of carboxylic acid groups (broad SMARTS) is 1. The van der Waals surface area contributed by atoms with Crippen LogP contribution in [-0.4, -0.2) is 16.1 Å². The minimum absolute atomic E-state index is 0.147. The van der Waals surface area contributed by atoms with Gasteiger partial charge in [0.2, 0.25) is 0 Å². The summed E-state index contributed by atoms with van der Waals surface area (Å²) in [7, 11) is 0. The molecule has 20 heavy (non-hydrogen) atoms. The van der Waals surface area contributed by atoms with Gasteiger partial charge in [0.25, 0.3) is 0 Å². The van der Waals surface area contributed by atoms with E-state index in [1.807, 2.05) is 25.1 Å². The predicted molar refractivity (Wildman–Crippen MR) is 81.9 cm³/mol. The van der Waals surface area contributed by atoms with Gasteiger partial charge in [-0.25, -0.2) is 4.98 Å². The van der Waals surface area contributed by atoms with Crippen molar-refractivity contribution in [2.75, 3.05) is 5.32 Å². The van der Waals surface area contributed by atoms with Crippen molar-refractivity contribution in [3.63, 3.8) is 0 Å². The van der Waals surface area contributed by atoms with Crippen molar-refractivity contribution in [2.45, 2.75) is 33.1 Å². The number of carbonyl (C=O) groups is 1. The van der Waals surface area contributed by atoms with E-state index in [1.54, 1.807) is 0 Å². The number of thiazole rings is 1. The second-order valence-electron chi connectivity index (χ2n) is 4.56. The molecule has 2 N–H and O–H groups in total. The van der Waals surface area contributed by atoms with E-state index in [2.05, 4.69) is 23.3 Å². The van der Waals surface area contributed by atoms with Crippen LogP contribution in [0.4, 0.5) is 10.8 Å². The summed E-state index contributed by atoms with van der Waals surface area (Å²) in [5, 5.41) is 12.9. The molecule has 0 aliphatic carbocycles. The van der Waals surface area contributed by atoms with Crippen molar-refractivity contribution in [3.8, 4) is 0 Å². The quantitative estimate of drug-likeness (QED) is 0.850. The number of aliphatic carboxylic acids is 1. The molecule has 0 unspecified atom stereocenters. The van der Waals surface area contributed by atoms with Crippen molar-refractivity contribution in [2.24, 2.45) is 0 Å². The first-order chi connectivity index (χ1) is 9.60. The molecule has 5 heteroatoms. The molecule has 0 radical (unpaired) electrons. The van der Waals surface area contributed by atoms with Gasteiger partial charge in [0, 0.05) is 10.6 Å². The Hall–Kier alpha value is -1.88. The molecule has 0 fully saturated rings. The number of para-hydroxylation sites is 1. The minimum atomic E-state index is -0.774. The normalized spacial score (nSPS) is 10.5. The van der Waals surface area contributed by atoms with E-state index in [4.69, 9.17) is 5.11 Å². The van der Waals surface area contributed by atoms with Crippen LogP contribution in [0.15, 0.2) is 24.3 Å². The number of aromatic nitrogens is 1. The van der Waals surface area contributed by atoms with Crippen LogP contribution in [0.3, 0.4) is 0 Å². The molecule has 0 spiro atoms. The molecule has 2 aromatic rings. The van der Waals surface area contributed by atoms with Crippen molar-refractivity contribution in [1.29, 1.82) is 0 Å². The minimum Gasteiger partial charge on any atom is -0.481 e. The Bertz CT molecular complexity index is 608. The van der Waals surface area contributed by atoms with Gasteiger partial charge in [0.05, 0.1) is 12.1 Å². The number of carboxylic acids is 1. The number of rotatable bonds is 6. The summed E-state index contributed by atoms with van der Waals surface area (Å²) in [6.45, 7) is 4.04. The maximum Gasteiger partial charge on any atom is 0.303 e. The number of hydrogen-bond acceptors (Lipinski definition) is 4. The Morgan fingerprint density at radius 1 is 1.40 bits per heavy atom. The molecule has 0 aliphatic heterocycles. The van der Waals surface area contributed by atoms with Gasteiger partial charge in [0.15, 0.2) is 5.13 Å². The molecule has 0 atom stereocenters. The number of anilines is 2. The highest BCUT2D eigenvalue weighted by atomic mass is 32.1. The molecular formula is C15H18N2O2S. The first kappa shape index (κ1) is 14.5. The lowest BCUT2D eigenvalue weighted by Gasteiger charge is -2.07. The third kappa shape index (κ3) is 3.57. The number of aryl methyl sites for hydroxylation is 3. The largest absolute Gasteiger partial charge is 0.481 e. The number of benzene rings is 1. The van der Waals surface area contributed by atoms with Gasteiger partial charge in [-0.1, -0.05) is 25.1 Å². The van der Waals surface area contributed by atoms with Gasteiger partial charge in [0.1, 0.15) is 0 Å². The van der Waals surface area contributed by atoms with Crippen LogP contribution in [0.5, 0.6) is 0 Å². The van der Waals surface area contributed by atoms with E-state index < -0.39 is 5.97 Å². The van der Waals surface area contributed by atoms with E-state index in [0.29, 0.717) is 6.42 Å². The smallest absolute Gasteiger partial charge is 0.303 e. The molecule has 0 bridgehead atoms. The van der Waals surface area contributed by atoms with Gasteiger partial charge in [-0.2, -0.15) is 0 Å². The molecule has 1 heterocycles. The zero-order chi connectivity index (χ0) is 14.5. The maximum atomic E-state index is 10.6. The Morgan fingerprint density at radius 2 is 2.15 bits per heavy atom. The van der Waals surface area contributed by atoms with Crippen LogP contribution >= 0.6 is 11.3 Å². The molecular weight excluding hydrogens is 272 g/mol. The average molecular weight is 290 g/mol. The van der Waals surface area contributed by atoms with Crippen LogP contribution in [0.1, 0.15) is 29.5 Å². The second kappa shape index (κ2) is 6.52. The van der Waals surface area contributed by atoms with E-state index in [-0.39, 0.29) is 6.42 Å². The van der Waals surface area contributed by atoms with E-state index in [9.17, 15) is 4.79 Å². The van der Waals surface area contributed by atoms with Crippen LogP contribution in [0.25, 0.3) is 0 Å². The zero-order valence-electron chi connectivity index (χ0n) is 11.6. The Morgan fingerprint density at radius 3 is 2.85 bits per heavy atom. The lowest BCUT2D eigenvalue weighted by Crippen LogP contribution is -1.96. The predicted octanol–water partition coefficient (Wildman–Crippen LogP) is 3.77. The third-order valence-corrected chi connectivity index (χ3v) is 4.23. The van der Waals surface area contributed by atoms with Crippen molar-refractivity contribution in [1.82, 2.24) is 4.98 Å². The monoisotopic (exact) mass is 290 g/mol. The fourth-order valence-electron chi connectivity index (χ4n) is 2.00. The van der Waals surface area contributed by atoms with Gasteiger partial charge < -0.3 is 10.4 Å². The SMILES string of the molecule is CCc1ccccc1Nc1nc(C)c(CCC(=O)O)s1. The maximum absolute atomic E-state index is 10.6.